The Morgan fingerprint density at radius 2 is 2.23 bits per heavy atom. The van der Waals surface area contributed by atoms with Crippen molar-refractivity contribution in [3.63, 3.8) is 0 Å². The van der Waals surface area contributed by atoms with Gasteiger partial charge in [-0.25, -0.2) is 0 Å². The number of hydrogen-bond donors (Lipinski definition) is 0. The molecule has 0 N–H and O–H groups in total. The molecule has 72 valence electrons. The number of ketones is 1. The Morgan fingerprint density at radius 1 is 1.46 bits per heavy atom. The molecular formula is C9H13O3S+. The molecular weight excluding hydrogens is 188 g/mol. The molecule has 0 bridgehead atoms. The van der Waals surface area contributed by atoms with Crippen LogP contribution in [0.5, 0.6) is 0 Å². The van der Waals surface area contributed by atoms with Gasteiger partial charge in [0, 0.05) is 0 Å². The predicted octanol–water partition coefficient (Wildman–Crippen LogP) is 0.464. The van der Waals surface area contributed by atoms with Gasteiger partial charge in [0.1, 0.15) is 5.76 Å². The van der Waals surface area contributed by atoms with Crippen molar-refractivity contribution in [3.8, 4) is 0 Å². The first-order valence-electron chi connectivity index (χ1n) is 4.23. The third-order valence-corrected chi connectivity index (χ3v) is 3.95. The van der Waals surface area contributed by atoms with Crippen molar-refractivity contribution in [2.24, 2.45) is 0 Å². The van der Waals surface area contributed by atoms with Crippen molar-refractivity contribution in [2.75, 3.05) is 25.9 Å². The minimum Gasteiger partial charge on any atom is -0.471 e. The maximum Gasteiger partial charge on any atom is 0.217 e. The number of ether oxygens (including phenoxy) is 2. The lowest BCUT2D eigenvalue weighted by Gasteiger charge is -2.14. The number of Topliss-reactive ketones (excluding diaryl/α,β-unsaturated/α-hetero) is 1. The summed E-state index contributed by atoms with van der Waals surface area (Å²) in [4.78, 5) is 11.8. The van der Waals surface area contributed by atoms with Crippen molar-refractivity contribution in [1.29, 1.82) is 0 Å². The third kappa shape index (κ3) is 1.48. The van der Waals surface area contributed by atoms with Gasteiger partial charge < -0.3 is 9.47 Å². The Kier molecular flexibility index (Phi) is 2.34. The van der Waals surface area contributed by atoms with Crippen LogP contribution in [0, 0.1) is 0 Å². The molecule has 2 rings (SSSR count). The van der Waals surface area contributed by atoms with Gasteiger partial charge in [-0.1, -0.05) is 0 Å². The first-order chi connectivity index (χ1) is 6.20. The average Bonchev–Trinajstić information content (AvgIpc) is 2.45. The standard InChI is InChI=1S/C9H13O3S/c1-13(2)8-3-7-6(9(8)10)4-11-5-12-7/h8H,3-5H2,1-2H3/q+1. The van der Waals surface area contributed by atoms with E-state index in [1.807, 2.05) is 0 Å². The molecule has 0 saturated carbocycles. The van der Waals surface area contributed by atoms with Crippen molar-refractivity contribution < 1.29 is 14.3 Å². The molecule has 0 radical (unpaired) electrons. The summed E-state index contributed by atoms with van der Waals surface area (Å²) in [6, 6.07) is 0. The largest absolute Gasteiger partial charge is 0.471 e. The number of carbonyl (C=O) groups is 1. The summed E-state index contributed by atoms with van der Waals surface area (Å²) < 4.78 is 10.4. The van der Waals surface area contributed by atoms with E-state index < -0.39 is 0 Å². The Balaban J connectivity index is 2.19. The lowest BCUT2D eigenvalue weighted by molar-refractivity contribution is -0.116. The maximum atomic E-state index is 11.8. The Morgan fingerprint density at radius 3 is 2.85 bits per heavy atom. The molecule has 0 aromatic heterocycles. The highest BCUT2D eigenvalue weighted by molar-refractivity contribution is 7.96. The van der Waals surface area contributed by atoms with Crippen LogP contribution in [0.3, 0.4) is 0 Å². The molecule has 1 aliphatic carbocycles. The molecule has 0 aromatic carbocycles. The lowest BCUT2D eigenvalue weighted by atomic mass is 10.2. The smallest absolute Gasteiger partial charge is 0.217 e. The Bertz CT molecular complexity index is 270. The van der Waals surface area contributed by atoms with Gasteiger partial charge in [-0.15, -0.1) is 0 Å². The van der Waals surface area contributed by atoms with Crippen LogP contribution in [-0.2, 0) is 25.2 Å². The van der Waals surface area contributed by atoms with E-state index in [0.717, 1.165) is 17.8 Å². The first kappa shape index (κ1) is 9.09. The van der Waals surface area contributed by atoms with Crippen LogP contribution in [0.4, 0.5) is 0 Å². The van der Waals surface area contributed by atoms with Crippen LogP contribution in [0.2, 0.25) is 0 Å². The minimum absolute atomic E-state index is 0.135. The molecule has 0 fully saturated rings. The zero-order chi connectivity index (χ0) is 9.42. The summed E-state index contributed by atoms with van der Waals surface area (Å²) in [7, 11) is 0.135. The number of allylic oxidation sites excluding steroid dienone is 1. The molecule has 13 heavy (non-hydrogen) atoms. The van der Waals surface area contributed by atoms with Gasteiger partial charge in [0.05, 0.1) is 31.1 Å². The SMILES string of the molecule is C[S+](C)C1CC2=C(COCO2)C1=O. The van der Waals surface area contributed by atoms with E-state index in [0.29, 0.717) is 13.4 Å². The summed E-state index contributed by atoms with van der Waals surface area (Å²) in [5.41, 5.74) is 0.775. The van der Waals surface area contributed by atoms with Crippen LogP contribution in [-0.4, -0.2) is 36.9 Å². The third-order valence-electron chi connectivity index (χ3n) is 2.43. The molecule has 0 spiro atoms. The second kappa shape index (κ2) is 3.35. The zero-order valence-electron chi connectivity index (χ0n) is 7.83. The fourth-order valence-electron chi connectivity index (χ4n) is 1.65. The molecule has 2 aliphatic rings. The minimum atomic E-state index is 0.135. The predicted molar refractivity (Wildman–Crippen MR) is 51.6 cm³/mol. The van der Waals surface area contributed by atoms with E-state index in [9.17, 15) is 4.79 Å². The van der Waals surface area contributed by atoms with Gasteiger partial charge in [0.25, 0.3) is 0 Å². The summed E-state index contributed by atoms with van der Waals surface area (Å²) in [6.45, 7) is 0.752. The second-order valence-electron chi connectivity index (χ2n) is 3.45. The number of carbonyl (C=O) groups excluding carboxylic acids is 1. The van der Waals surface area contributed by atoms with Gasteiger partial charge in [-0.2, -0.15) is 0 Å². The van der Waals surface area contributed by atoms with Crippen LogP contribution in [0.25, 0.3) is 0 Å². The molecule has 1 atom stereocenters. The van der Waals surface area contributed by atoms with Crippen molar-refractivity contribution >= 4 is 16.7 Å². The summed E-state index contributed by atoms with van der Waals surface area (Å²) in [5.74, 6) is 1.12. The summed E-state index contributed by atoms with van der Waals surface area (Å²) in [5, 5.41) is 0.145. The van der Waals surface area contributed by atoms with Gasteiger partial charge in [-0.3, -0.25) is 4.79 Å². The van der Waals surface area contributed by atoms with Gasteiger partial charge >= 0.3 is 0 Å². The molecule has 4 heteroatoms. The van der Waals surface area contributed by atoms with Crippen LogP contribution in [0.15, 0.2) is 11.3 Å². The number of hydrogen-bond acceptors (Lipinski definition) is 3. The Labute approximate surface area is 80.4 Å². The van der Waals surface area contributed by atoms with Crippen LogP contribution < -0.4 is 0 Å². The highest BCUT2D eigenvalue weighted by atomic mass is 32.2. The van der Waals surface area contributed by atoms with Gasteiger partial charge in [0.2, 0.25) is 5.78 Å². The molecule has 1 aliphatic heterocycles. The molecule has 1 unspecified atom stereocenters. The van der Waals surface area contributed by atoms with E-state index in [-0.39, 0.29) is 21.9 Å². The Hall–Kier alpha value is -0.480. The summed E-state index contributed by atoms with van der Waals surface area (Å²) >= 11 is 0. The fraction of sp³-hybridized carbons (Fsp3) is 0.667. The fourth-order valence-corrected chi connectivity index (χ4v) is 2.71. The van der Waals surface area contributed by atoms with Crippen molar-refractivity contribution in [2.45, 2.75) is 11.7 Å². The summed E-state index contributed by atoms with van der Waals surface area (Å²) in [6.07, 6.45) is 4.98. The van der Waals surface area contributed by atoms with Gasteiger partial charge in [0.15, 0.2) is 12.0 Å². The highest BCUT2D eigenvalue weighted by Gasteiger charge is 2.42. The second-order valence-corrected chi connectivity index (χ2v) is 5.78. The molecule has 0 saturated heterocycles. The average molecular weight is 201 g/mol. The molecule has 1 heterocycles. The van der Waals surface area contributed by atoms with E-state index >= 15 is 0 Å². The van der Waals surface area contributed by atoms with Crippen molar-refractivity contribution in [3.05, 3.63) is 11.3 Å². The number of rotatable bonds is 1. The molecule has 3 nitrogen and oxygen atoms in total. The first-order valence-corrected chi connectivity index (χ1v) is 6.33. The molecule has 0 aromatic rings. The van der Waals surface area contributed by atoms with Crippen LogP contribution >= 0.6 is 0 Å². The highest BCUT2D eigenvalue weighted by Crippen LogP contribution is 2.30. The quantitative estimate of drug-likeness (QED) is 0.578. The van der Waals surface area contributed by atoms with E-state index in [1.165, 1.54) is 0 Å². The monoisotopic (exact) mass is 201 g/mol. The van der Waals surface area contributed by atoms with E-state index in [2.05, 4.69) is 12.5 Å². The normalized spacial score (nSPS) is 27.9. The van der Waals surface area contributed by atoms with Crippen LogP contribution in [0.1, 0.15) is 6.42 Å². The maximum absolute atomic E-state index is 11.8. The van der Waals surface area contributed by atoms with E-state index in [1.54, 1.807) is 0 Å². The van der Waals surface area contributed by atoms with Crippen molar-refractivity contribution in [1.82, 2.24) is 0 Å². The lowest BCUT2D eigenvalue weighted by Crippen LogP contribution is -2.26. The van der Waals surface area contributed by atoms with Gasteiger partial charge in [-0.05, 0) is 10.9 Å². The molecule has 0 amide bonds. The topological polar surface area (TPSA) is 35.5 Å². The van der Waals surface area contributed by atoms with E-state index in [4.69, 9.17) is 9.47 Å². The zero-order valence-corrected chi connectivity index (χ0v) is 8.65.